The highest BCUT2D eigenvalue weighted by molar-refractivity contribution is 6.01. The summed E-state index contributed by atoms with van der Waals surface area (Å²) in [6.45, 7) is 3.63. The number of anilines is 2. The first-order valence-corrected chi connectivity index (χ1v) is 13.7. The molecular formula is C31H32F2N4O2. The van der Waals surface area contributed by atoms with Gasteiger partial charge in [-0.2, -0.15) is 0 Å². The number of fused-ring (bicyclic) bond motifs is 3. The number of amides is 3. The third-order valence-electron chi connectivity index (χ3n) is 8.21. The van der Waals surface area contributed by atoms with E-state index in [1.165, 1.54) is 23.1 Å². The van der Waals surface area contributed by atoms with Crippen LogP contribution in [-0.4, -0.2) is 65.4 Å². The maximum atomic E-state index is 14.3. The lowest BCUT2D eigenvalue weighted by molar-refractivity contribution is -0.125. The summed E-state index contributed by atoms with van der Waals surface area (Å²) in [6, 6.07) is 21.1. The Morgan fingerprint density at radius 2 is 1.59 bits per heavy atom. The van der Waals surface area contributed by atoms with Crippen molar-refractivity contribution < 1.29 is 18.4 Å². The van der Waals surface area contributed by atoms with Gasteiger partial charge in [-0.3, -0.25) is 9.69 Å². The molecule has 0 aliphatic carbocycles. The Morgan fingerprint density at radius 1 is 0.846 bits per heavy atom. The molecule has 6 rings (SSSR count). The Kier molecular flexibility index (Phi) is 7.04. The highest BCUT2D eigenvalue weighted by atomic mass is 19.1. The van der Waals surface area contributed by atoms with Gasteiger partial charge in [0.15, 0.2) is 0 Å². The van der Waals surface area contributed by atoms with Crippen molar-refractivity contribution in [2.24, 2.45) is 0 Å². The molecule has 202 valence electrons. The second-order valence-electron chi connectivity index (χ2n) is 10.7. The second-order valence-corrected chi connectivity index (χ2v) is 10.7. The van der Waals surface area contributed by atoms with Crippen LogP contribution in [0.15, 0.2) is 72.8 Å². The van der Waals surface area contributed by atoms with Crippen LogP contribution in [0, 0.1) is 11.6 Å². The van der Waals surface area contributed by atoms with Crippen LogP contribution < -0.4 is 4.90 Å². The number of benzene rings is 3. The van der Waals surface area contributed by atoms with E-state index in [2.05, 4.69) is 9.80 Å². The minimum absolute atomic E-state index is 0.140. The molecule has 3 aliphatic heterocycles. The molecule has 8 heteroatoms. The highest BCUT2D eigenvalue weighted by Crippen LogP contribution is 2.48. The Morgan fingerprint density at radius 3 is 2.38 bits per heavy atom. The Labute approximate surface area is 227 Å². The summed E-state index contributed by atoms with van der Waals surface area (Å²) in [5, 5.41) is 0. The van der Waals surface area contributed by atoms with Crippen LogP contribution in [0.4, 0.5) is 25.0 Å². The van der Waals surface area contributed by atoms with E-state index in [0.717, 1.165) is 61.4 Å². The van der Waals surface area contributed by atoms with Gasteiger partial charge in [0.25, 0.3) is 5.91 Å². The van der Waals surface area contributed by atoms with Crippen LogP contribution in [-0.2, 0) is 11.3 Å². The van der Waals surface area contributed by atoms with Crippen LogP contribution in [0.5, 0.6) is 0 Å². The van der Waals surface area contributed by atoms with E-state index in [4.69, 9.17) is 0 Å². The molecule has 2 atom stereocenters. The lowest BCUT2D eigenvalue weighted by atomic mass is 9.89. The van der Waals surface area contributed by atoms with Crippen molar-refractivity contribution in [1.29, 1.82) is 0 Å². The summed E-state index contributed by atoms with van der Waals surface area (Å²) in [7, 11) is 0. The molecule has 2 saturated heterocycles. The summed E-state index contributed by atoms with van der Waals surface area (Å²) in [5.74, 6) is -0.494. The zero-order valence-electron chi connectivity index (χ0n) is 21.8. The maximum Gasteiger partial charge on any atom is 0.327 e. The van der Waals surface area contributed by atoms with Crippen molar-refractivity contribution in [2.75, 3.05) is 37.6 Å². The first-order valence-electron chi connectivity index (χ1n) is 13.7. The van der Waals surface area contributed by atoms with E-state index >= 15 is 0 Å². The molecule has 0 spiro atoms. The second kappa shape index (κ2) is 10.8. The van der Waals surface area contributed by atoms with Gasteiger partial charge in [0.05, 0.1) is 6.54 Å². The molecule has 0 radical (unpaired) electrons. The van der Waals surface area contributed by atoms with Crippen LogP contribution in [0.25, 0.3) is 0 Å². The molecule has 0 aromatic heterocycles. The molecule has 2 fully saturated rings. The molecule has 0 unspecified atom stereocenters. The summed E-state index contributed by atoms with van der Waals surface area (Å²) in [6.07, 6.45) is 2.65. The normalized spacial score (nSPS) is 21.0. The van der Waals surface area contributed by atoms with E-state index in [1.807, 2.05) is 36.4 Å². The molecule has 39 heavy (non-hydrogen) atoms. The highest BCUT2D eigenvalue weighted by Gasteiger charge is 2.42. The number of carbonyl (C=O) groups excluding carboxylic acids is 2. The first-order chi connectivity index (χ1) is 19.0. The van der Waals surface area contributed by atoms with Gasteiger partial charge in [-0.15, -0.1) is 0 Å². The van der Waals surface area contributed by atoms with Crippen molar-refractivity contribution in [3.05, 3.63) is 95.6 Å². The van der Waals surface area contributed by atoms with Crippen molar-refractivity contribution in [3.8, 4) is 0 Å². The van der Waals surface area contributed by atoms with E-state index in [1.54, 1.807) is 23.1 Å². The molecule has 3 aliphatic rings. The van der Waals surface area contributed by atoms with E-state index in [9.17, 15) is 18.4 Å². The summed E-state index contributed by atoms with van der Waals surface area (Å²) in [4.78, 5) is 32.9. The Hall–Kier alpha value is -3.78. The number of nitrogens with zero attached hydrogens (tertiary/aromatic N) is 4. The number of halogens is 2. The number of rotatable bonds is 8. The average Bonchev–Trinajstić information content (AvgIpc) is 3.40. The zero-order valence-corrected chi connectivity index (χ0v) is 21.8. The van der Waals surface area contributed by atoms with Gasteiger partial charge in [0.1, 0.15) is 18.2 Å². The summed E-state index contributed by atoms with van der Waals surface area (Å²) in [5.41, 5.74) is 3.87. The lowest BCUT2D eigenvalue weighted by Crippen LogP contribution is -2.45. The van der Waals surface area contributed by atoms with E-state index in [-0.39, 0.29) is 42.1 Å². The molecule has 3 aromatic carbocycles. The number of hydrogen-bond donors (Lipinski definition) is 0. The van der Waals surface area contributed by atoms with Crippen LogP contribution >= 0.6 is 0 Å². The quantitative estimate of drug-likeness (QED) is 0.284. The van der Waals surface area contributed by atoms with Gasteiger partial charge in [-0.1, -0.05) is 30.3 Å². The van der Waals surface area contributed by atoms with Gasteiger partial charge in [0, 0.05) is 43.0 Å². The largest absolute Gasteiger partial charge is 0.337 e. The molecule has 0 bridgehead atoms. The number of hydrogen-bond acceptors (Lipinski definition) is 4. The predicted molar refractivity (Wildman–Crippen MR) is 146 cm³/mol. The third-order valence-corrected chi connectivity index (χ3v) is 8.21. The van der Waals surface area contributed by atoms with Gasteiger partial charge in [-0.05, 0) is 79.4 Å². The predicted octanol–water partition coefficient (Wildman–Crippen LogP) is 5.52. The number of piperidine rings is 1. The smallest absolute Gasteiger partial charge is 0.327 e. The topological polar surface area (TPSA) is 47.1 Å². The van der Waals surface area contributed by atoms with Gasteiger partial charge in [0.2, 0.25) is 0 Å². The first kappa shape index (κ1) is 25.5. The van der Waals surface area contributed by atoms with Crippen LogP contribution in [0.3, 0.4) is 0 Å². The van der Waals surface area contributed by atoms with Crippen molar-refractivity contribution in [1.82, 2.24) is 14.7 Å². The number of likely N-dealkylation sites (tertiary alicyclic amines) is 1. The molecule has 3 amide bonds. The monoisotopic (exact) mass is 530 g/mol. The van der Waals surface area contributed by atoms with Crippen molar-refractivity contribution in [3.63, 3.8) is 0 Å². The standard InChI is InChI=1S/C31H32F2N4O2/c32-23-8-11-25(12-9-23)37-28-13-10-24(33)18-26(28)27-20-34(17-14-29(27)37)15-4-5-16-35-21-30(38)36(31(35)39)19-22-6-2-1-3-7-22/h1-3,6-13,18,27,29H,4-5,14-17,19-21H2/t27-,29+/m0/s1. The maximum absolute atomic E-state index is 14.3. The number of urea groups is 1. The number of carbonyl (C=O) groups is 2. The fourth-order valence-electron chi connectivity index (χ4n) is 6.31. The van der Waals surface area contributed by atoms with Gasteiger partial charge < -0.3 is 14.7 Å². The van der Waals surface area contributed by atoms with Crippen LogP contribution in [0.1, 0.15) is 36.3 Å². The minimum Gasteiger partial charge on any atom is -0.337 e. The van der Waals surface area contributed by atoms with Crippen molar-refractivity contribution in [2.45, 2.75) is 37.8 Å². The van der Waals surface area contributed by atoms with Gasteiger partial charge >= 0.3 is 6.03 Å². The third kappa shape index (κ3) is 5.13. The average molecular weight is 531 g/mol. The zero-order chi connectivity index (χ0) is 26.9. The molecule has 0 saturated carbocycles. The molecule has 3 heterocycles. The SMILES string of the molecule is O=C1CN(CCCCN2CC[C@@H]3[C@@H](C2)c2cc(F)ccc2N3c2ccc(F)cc2)C(=O)N1Cc1ccccc1. The summed E-state index contributed by atoms with van der Waals surface area (Å²) < 4.78 is 27.9. The van der Waals surface area contributed by atoms with E-state index in [0.29, 0.717) is 13.1 Å². The Bertz CT molecular complexity index is 1350. The fourth-order valence-corrected chi connectivity index (χ4v) is 6.31. The molecule has 3 aromatic rings. The van der Waals surface area contributed by atoms with Crippen molar-refractivity contribution >= 4 is 23.3 Å². The minimum atomic E-state index is -0.271. The Balaban J connectivity index is 1.04. The van der Waals surface area contributed by atoms with E-state index < -0.39 is 0 Å². The number of unbranched alkanes of at least 4 members (excludes halogenated alkanes) is 1. The molecule has 6 nitrogen and oxygen atoms in total. The van der Waals surface area contributed by atoms with Gasteiger partial charge in [-0.25, -0.2) is 13.6 Å². The number of imide groups is 1. The van der Waals surface area contributed by atoms with Crippen LogP contribution in [0.2, 0.25) is 0 Å². The summed E-state index contributed by atoms with van der Waals surface area (Å²) >= 11 is 0. The fraction of sp³-hybridized carbons (Fsp3) is 0.355. The molecular weight excluding hydrogens is 498 g/mol. The molecule has 0 N–H and O–H groups in total. The lowest BCUT2D eigenvalue weighted by Gasteiger charge is -2.39.